The molecule has 0 aromatic heterocycles. The van der Waals surface area contributed by atoms with Gasteiger partial charge in [-0.1, -0.05) is 69.6 Å². The molecule has 1 heterocycles. The fourth-order valence-electron chi connectivity index (χ4n) is 5.13. The summed E-state index contributed by atoms with van der Waals surface area (Å²) in [6, 6.07) is 27.9. The summed E-state index contributed by atoms with van der Waals surface area (Å²) < 4.78 is 26.4. The molecule has 0 unspecified atom stereocenters. The fourth-order valence-corrected chi connectivity index (χ4v) is 5.39. The number of halogens is 2. The van der Waals surface area contributed by atoms with Crippen molar-refractivity contribution in [1.82, 2.24) is 10.9 Å². The second kappa shape index (κ2) is 15.5. The molecule has 1 aliphatic rings. The number of hydrogen-bond acceptors (Lipinski definition) is 7. The molecule has 0 saturated carbocycles. The zero-order chi connectivity index (χ0) is 32.4. The summed E-state index contributed by atoms with van der Waals surface area (Å²) >= 11 is 3.48. The van der Waals surface area contributed by atoms with Crippen LogP contribution in [0.2, 0.25) is 0 Å². The van der Waals surface area contributed by atoms with E-state index in [1.165, 1.54) is 12.1 Å². The molecule has 0 saturated heterocycles. The first-order chi connectivity index (χ1) is 22.4. The summed E-state index contributed by atoms with van der Waals surface area (Å²) in [5.74, 6) is 0.121. The highest BCUT2D eigenvalue weighted by atomic mass is 79.9. The first kappa shape index (κ1) is 32.6. The second-order valence-electron chi connectivity index (χ2n) is 10.6. The third-order valence-corrected chi connectivity index (χ3v) is 7.99. The van der Waals surface area contributed by atoms with E-state index in [0.717, 1.165) is 10.0 Å². The van der Waals surface area contributed by atoms with E-state index in [-0.39, 0.29) is 24.7 Å². The van der Waals surface area contributed by atoms with E-state index in [1.54, 1.807) is 54.6 Å². The molecule has 0 bridgehead atoms. The van der Waals surface area contributed by atoms with Crippen LogP contribution in [0.3, 0.4) is 0 Å². The summed E-state index contributed by atoms with van der Waals surface area (Å²) in [6.45, 7) is 0.788. The van der Waals surface area contributed by atoms with Crippen LogP contribution in [0.15, 0.2) is 112 Å². The Labute approximate surface area is 274 Å². The van der Waals surface area contributed by atoms with E-state index in [0.29, 0.717) is 54.1 Å². The normalized spacial score (nSPS) is 17.0. The first-order valence-electron chi connectivity index (χ1n) is 14.7. The monoisotopic (exact) mass is 686 g/mol. The number of rotatable bonds is 14. The van der Waals surface area contributed by atoms with Gasteiger partial charge in [-0.05, 0) is 77.2 Å². The lowest BCUT2D eigenvalue weighted by Crippen LogP contribution is -2.54. The lowest BCUT2D eigenvalue weighted by molar-refractivity contribution is -0.130. The number of aliphatic hydroxyl groups excluding tert-OH is 1. The first-order valence-corrected chi connectivity index (χ1v) is 15.5. The highest BCUT2D eigenvalue weighted by Gasteiger charge is 2.53. The summed E-state index contributed by atoms with van der Waals surface area (Å²) in [5, 5.41) is 12.9. The molecule has 0 fully saturated rings. The Morgan fingerprint density at radius 2 is 1.80 bits per heavy atom. The van der Waals surface area contributed by atoms with Crippen LogP contribution in [0.1, 0.15) is 34.8 Å². The minimum absolute atomic E-state index is 0.0359. The van der Waals surface area contributed by atoms with Crippen LogP contribution < -0.4 is 15.6 Å². The molecule has 12 heteroatoms. The molecular formula is C34H32BrFN6O4. The summed E-state index contributed by atoms with van der Waals surface area (Å²) in [4.78, 5) is 22.3. The van der Waals surface area contributed by atoms with Gasteiger partial charge in [0.05, 0.1) is 6.61 Å². The Kier molecular flexibility index (Phi) is 11.0. The van der Waals surface area contributed by atoms with Crippen LogP contribution in [0.25, 0.3) is 10.4 Å². The quantitative estimate of drug-likeness (QED) is 0.0448. The summed E-state index contributed by atoms with van der Waals surface area (Å²) in [7, 11) is 0. The van der Waals surface area contributed by atoms with Crippen molar-refractivity contribution < 1.29 is 23.8 Å². The van der Waals surface area contributed by atoms with Crippen molar-refractivity contribution in [2.75, 3.05) is 19.8 Å². The molecule has 5 rings (SSSR count). The zero-order valence-corrected chi connectivity index (χ0v) is 26.4. The number of carbonyl (C=O) groups excluding carboxylic acids is 1. The Hall–Kier alpha value is -4.74. The number of hydrogen-bond donors (Lipinski definition) is 3. The molecule has 1 amide bonds. The summed E-state index contributed by atoms with van der Waals surface area (Å²) in [5.41, 5.74) is 16.8. The van der Waals surface area contributed by atoms with E-state index >= 15 is 0 Å². The predicted molar refractivity (Wildman–Crippen MR) is 176 cm³/mol. The van der Waals surface area contributed by atoms with Crippen molar-refractivity contribution in [1.29, 1.82) is 0 Å². The zero-order valence-electron chi connectivity index (χ0n) is 24.8. The van der Waals surface area contributed by atoms with Crippen molar-refractivity contribution in [2.45, 2.75) is 30.9 Å². The number of aliphatic imine (C=N–C) groups is 1. The number of benzene rings is 4. The van der Waals surface area contributed by atoms with E-state index in [2.05, 4.69) is 36.8 Å². The average Bonchev–Trinajstić information content (AvgIpc) is 3.46. The van der Waals surface area contributed by atoms with E-state index in [9.17, 15) is 14.7 Å². The Balaban J connectivity index is 1.51. The molecule has 46 heavy (non-hydrogen) atoms. The number of ether oxygens (including phenoxy) is 2. The standard InChI is InChI=1S/C34H32BrFN6O4/c35-27-12-8-24(9-13-27)31-34(22-26-4-1-2-5-30(26)40-42-37,33(44)41-38-19-18-23-6-14-28(36)15-7-23)39-32(46-31)25-10-16-29(17-11-25)45-21-3-20-43/h1-2,4-17,31,38,43H,3,18-22H2,(H,41,44)/t31-,34-/m0/s1. The molecule has 0 aliphatic carbocycles. The molecule has 3 N–H and O–H groups in total. The van der Waals surface area contributed by atoms with Gasteiger partial charge in [0.15, 0.2) is 11.6 Å². The molecule has 4 aromatic rings. The van der Waals surface area contributed by atoms with E-state index in [4.69, 9.17) is 19.6 Å². The Morgan fingerprint density at radius 1 is 1.07 bits per heavy atom. The fraction of sp³-hybridized carbons (Fsp3) is 0.235. The van der Waals surface area contributed by atoms with Crippen LogP contribution in [-0.4, -0.2) is 42.2 Å². The van der Waals surface area contributed by atoms with Gasteiger partial charge >= 0.3 is 0 Å². The highest BCUT2D eigenvalue weighted by molar-refractivity contribution is 9.10. The van der Waals surface area contributed by atoms with Gasteiger partial charge in [-0.15, -0.1) is 0 Å². The topological polar surface area (TPSA) is 141 Å². The van der Waals surface area contributed by atoms with E-state index < -0.39 is 17.6 Å². The Bertz CT molecular complexity index is 1710. The maximum Gasteiger partial charge on any atom is 0.266 e. The number of hydrazine groups is 1. The van der Waals surface area contributed by atoms with Crippen LogP contribution >= 0.6 is 15.9 Å². The molecular weight excluding hydrogens is 655 g/mol. The predicted octanol–water partition coefficient (Wildman–Crippen LogP) is 6.65. The van der Waals surface area contributed by atoms with Crippen LogP contribution in [0, 0.1) is 5.82 Å². The molecule has 10 nitrogen and oxygen atoms in total. The minimum Gasteiger partial charge on any atom is -0.494 e. The van der Waals surface area contributed by atoms with Crippen LogP contribution in [0.5, 0.6) is 5.75 Å². The molecule has 2 atom stereocenters. The van der Waals surface area contributed by atoms with Crippen molar-refractivity contribution in [3.63, 3.8) is 0 Å². The van der Waals surface area contributed by atoms with Crippen LogP contribution in [0.4, 0.5) is 10.1 Å². The van der Waals surface area contributed by atoms with Crippen molar-refractivity contribution in [2.24, 2.45) is 10.1 Å². The lowest BCUT2D eigenvalue weighted by atomic mass is 9.81. The van der Waals surface area contributed by atoms with Gasteiger partial charge in [-0.25, -0.2) is 14.8 Å². The van der Waals surface area contributed by atoms with Gasteiger partial charge in [0.2, 0.25) is 5.90 Å². The third kappa shape index (κ3) is 7.91. The smallest absolute Gasteiger partial charge is 0.266 e. The van der Waals surface area contributed by atoms with Gasteiger partial charge in [0.1, 0.15) is 11.6 Å². The SMILES string of the molecule is [N-]=[N+]=Nc1ccccc1C[C@]1(C(=O)NNCCc2ccc(F)cc2)N=C(c2ccc(OCCCO)cc2)O[C@H]1c1ccc(Br)cc1. The van der Waals surface area contributed by atoms with Gasteiger partial charge < -0.3 is 14.6 Å². The number of carbonyl (C=O) groups is 1. The second-order valence-corrected chi connectivity index (χ2v) is 11.5. The molecule has 236 valence electrons. The minimum atomic E-state index is -1.52. The van der Waals surface area contributed by atoms with Gasteiger partial charge in [0, 0.05) is 46.6 Å². The van der Waals surface area contributed by atoms with Gasteiger partial charge in [-0.3, -0.25) is 10.2 Å². The maximum absolute atomic E-state index is 14.4. The Morgan fingerprint density at radius 3 is 2.52 bits per heavy atom. The number of amides is 1. The van der Waals surface area contributed by atoms with Gasteiger partial charge in [-0.2, -0.15) is 0 Å². The number of nitrogens with one attached hydrogen (secondary N) is 2. The molecule has 0 radical (unpaired) electrons. The molecule has 1 aliphatic heterocycles. The number of nitrogens with zero attached hydrogens (tertiary/aromatic N) is 4. The molecule has 4 aromatic carbocycles. The largest absolute Gasteiger partial charge is 0.494 e. The summed E-state index contributed by atoms with van der Waals surface area (Å²) in [6.07, 6.45) is 0.259. The van der Waals surface area contributed by atoms with Crippen molar-refractivity contribution >= 4 is 33.4 Å². The molecule has 0 spiro atoms. The number of azide groups is 1. The third-order valence-electron chi connectivity index (χ3n) is 7.46. The maximum atomic E-state index is 14.4. The highest BCUT2D eigenvalue weighted by Crippen LogP contribution is 2.44. The van der Waals surface area contributed by atoms with Crippen LogP contribution in [-0.2, 0) is 22.4 Å². The van der Waals surface area contributed by atoms with Crippen molar-refractivity contribution in [3.8, 4) is 5.75 Å². The average molecular weight is 688 g/mol. The van der Waals surface area contributed by atoms with E-state index in [1.807, 2.05) is 30.3 Å². The lowest BCUT2D eigenvalue weighted by Gasteiger charge is -2.31. The van der Waals surface area contributed by atoms with Crippen molar-refractivity contribution in [3.05, 3.63) is 140 Å². The number of aliphatic hydroxyl groups is 1. The van der Waals surface area contributed by atoms with Gasteiger partial charge in [0.25, 0.3) is 5.91 Å².